The van der Waals surface area contributed by atoms with Gasteiger partial charge in [0.15, 0.2) is 0 Å². The number of hydrogen-bond donors (Lipinski definition) is 2. The van der Waals surface area contributed by atoms with Gasteiger partial charge < -0.3 is 5.11 Å². The van der Waals surface area contributed by atoms with Crippen molar-refractivity contribution in [2.45, 2.75) is 24.3 Å². The number of hydrogen-bond acceptors (Lipinski definition) is 5. The summed E-state index contributed by atoms with van der Waals surface area (Å²) in [5, 5.41) is 19.3. The molecule has 0 heterocycles. The Hall–Kier alpha value is -2.07. The second-order valence-electron chi connectivity index (χ2n) is 4.41. The van der Waals surface area contributed by atoms with E-state index < -0.39 is 42.9 Å². The molecule has 0 aliphatic rings. The van der Waals surface area contributed by atoms with Gasteiger partial charge in [0.1, 0.15) is 5.54 Å². The van der Waals surface area contributed by atoms with Gasteiger partial charge in [0.05, 0.1) is 9.82 Å². The summed E-state index contributed by atoms with van der Waals surface area (Å²) in [4.78, 5) is 19.7. The first-order valence-corrected chi connectivity index (χ1v) is 6.67. The molecule has 8 nitrogen and oxygen atoms in total. The normalized spacial score (nSPS) is 12.2. The van der Waals surface area contributed by atoms with Crippen molar-refractivity contribution in [1.29, 1.82) is 0 Å². The number of carboxylic acids is 1. The van der Waals surface area contributed by atoms with Crippen molar-refractivity contribution >= 4 is 21.7 Å². The van der Waals surface area contributed by atoms with Crippen LogP contribution in [0.25, 0.3) is 0 Å². The third kappa shape index (κ3) is 3.27. The standard InChI is InChI=1S/C10H11FN2O6S/c1-10(2,9(14)15)12-20(18,19)6-3-4-8(13(16)17)7(11)5-6/h3-5,12H,1-2H3,(H,14,15). The van der Waals surface area contributed by atoms with Crippen LogP contribution in [0.3, 0.4) is 0 Å². The van der Waals surface area contributed by atoms with Crippen LogP contribution in [-0.2, 0) is 14.8 Å². The van der Waals surface area contributed by atoms with Gasteiger partial charge in [-0.25, -0.2) is 8.42 Å². The lowest BCUT2D eigenvalue weighted by molar-refractivity contribution is -0.387. The number of nitro groups is 1. The summed E-state index contributed by atoms with van der Waals surface area (Å²) in [6, 6.07) is 1.97. The number of nitrogens with zero attached hydrogens (tertiary/aromatic N) is 1. The maximum absolute atomic E-state index is 13.4. The predicted molar refractivity (Wildman–Crippen MR) is 65.1 cm³/mol. The lowest BCUT2D eigenvalue weighted by Crippen LogP contribution is -2.49. The molecule has 0 aromatic heterocycles. The Morgan fingerprint density at radius 1 is 1.45 bits per heavy atom. The number of nitro benzene ring substituents is 1. The molecule has 1 aromatic rings. The van der Waals surface area contributed by atoms with Gasteiger partial charge in [0.25, 0.3) is 0 Å². The fraction of sp³-hybridized carbons (Fsp3) is 0.300. The fourth-order valence-electron chi connectivity index (χ4n) is 1.24. The van der Waals surface area contributed by atoms with E-state index in [-0.39, 0.29) is 0 Å². The number of benzene rings is 1. The SMILES string of the molecule is CC(C)(NS(=O)(=O)c1ccc([N+](=O)[O-])c(F)c1)C(=O)O. The van der Waals surface area contributed by atoms with Gasteiger partial charge in [-0.2, -0.15) is 9.11 Å². The van der Waals surface area contributed by atoms with Crippen LogP contribution in [0.2, 0.25) is 0 Å². The number of rotatable bonds is 5. The molecule has 10 heteroatoms. The van der Waals surface area contributed by atoms with E-state index in [0.29, 0.717) is 12.1 Å². The molecule has 110 valence electrons. The minimum atomic E-state index is -4.32. The molecular weight excluding hydrogens is 295 g/mol. The number of carboxylic acid groups (broad SMARTS) is 1. The summed E-state index contributed by atoms with van der Waals surface area (Å²) in [5.74, 6) is -2.76. The smallest absolute Gasteiger partial charge is 0.324 e. The van der Waals surface area contributed by atoms with Crippen molar-refractivity contribution in [3.8, 4) is 0 Å². The minimum Gasteiger partial charge on any atom is -0.480 e. The maximum atomic E-state index is 13.4. The molecule has 0 spiro atoms. The van der Waals surface area contributed by atoms with Gasteiger partial charge in [-0.3, -0.25) is 14.9 Å². The monoisotopic (exact) mass is 306 g/mol. The van der Waals surface area contributed by atoms with Crippen molar-refractivity contribution in [2.75, 3.05) is 0 Å². The molecule has 2 N–H and O–H groups in total. The summed E-state index contributed by atoms with van der Waals surface area (Å²) in [6.07, 6.45) is 0. The van der Waals surface area contributed by atoms with Crippen LogP contribution in [0.5, 0.6) is 0 Å². The van der Waals surface area contributed by atoms with E-state index in [4.69, 9.17) is 5.11 Å². The minimum absolute atomic E-state index is 0.457. The van der Waals surface area contributed by atoms with Crippen LogP contribution in [-0.4, -0.2) is 30.0 Å². The molecule has 20 heavy (non-hydrogen) atoms. The number of carbonyl (C=O) groups is 1. The Bertz CT molecular complexity index is 670. The zero-order valence-corrected chi connectivity index (χ0v) is 11.3. The first kappa shape index (κ1) is 16.0. The lowest BCUT2D eigenvalue weighted by atomic mass is 10.1. The van der Waals surface area contributed by atoms with E-state index in [1.165, 1.54) is 0 Å². The highest BCUT2D eigenvalue weighted by atomic mass is 32.2. The zero-order valence-electron chi connectivity index (χ0n) is 10.5. The second-order valence-corrected chi connectivity index (χ2v) is 6.09. The number of halogens is 1. The molecule has 0 radical (unpaired) electrons. The molecule has 1 rings (SSSR count). The van der Waals surface area contributed by atoms with Crippen LogP contribution in [0.15, 0.2) is 23.1 Å². The Kier molecular flexibility index (Phi) is 4.10. The average molecular weight is 306 g/mol. The molecular formula is C10H11FN2O6S. The van der Waals surface area contributed by atoms with Crippen LogP contribution in [0.4, 0.5) is 10.1 Å². The van der Waals surface area contributed by atoms with Gasteiger partial charge in [-0.1, -0.05) is 0 Å². The van der Waals surface area contributed by atoms with E-state index in [2.05, 4.69) is 0 Å². The van der Waals surface area contributed by atoms with Gasteiger partial charge in [-0.05, 0) is 19.9 Å². The summed E-state index contributed by atoms with van der Waals surface area (Å²) < 4.78 is 39.0. The average Bonchev–Trinajstić information content (AvgIpc) is 2.26. The number of aliphatic carboxylic acids is 1. The topological polar surface area (TPSA) is 127 Å². The Morgan fingerprint density at radius 3 is 2.40 bits per heavy atom. The van der Waals surface area contributed by atoms with Crippen molar-refractivity contribution in [2.24, 2.45) is 0 Å². The quantitative estimate of drug-likeness (QED) is 0.614. The summed E-state index contributed by atoms with van der Waals surface area (Å²) in [5.41, 5.74) is -2.68. The van der Waals surface area contributed by atoms with E-state index in [0.717, 1.165) is 19.9 Å². The first-order valence-electron chi connectivity index (χ1n) is 5.19. The Labute approximate surface area is 113 Å². The number of nitrogens with one attached hydrogen (secondary N) is 1. The number of sulfonamides is 1. The lowest BCUT2D eigenvalue weighted by Gasteiger charge is -2.20. The first-order chi connectivity index (χ1) is 8.97. The van der Waals surface area contributed by atoms with Crippen LogP contribution >= 0.6 is 0 Å². The third-order valence-electron chi connectivity index (χ3n) is 2.35. The molecule has 0 unspecified atom stereocenters. The van der Waals surface area contributed by atoms with Crippen molar-refractivity contribution in [3.05, 3.63) is 34.1 Å². The molecule has 0 saturated carbocycles. The van der Waals surface area contributed by atoms with Gasteiger partial charge in [0, 0.05) is 12.1 Å². The molecule has 0 amide bonds. The Balaban J connectivity index is 3.21. The van der Waals surface area contributed by atoms with E-state index >= 15 is 0 Å². The van der Waals surface area contributed by atoms with E-state index in [1.54, 1.807) is 0 Å². The van der Waals surface area contributed by atoms with Crippen molar-refractivity contribution in [1.82, 2.24) is 4.72 Å². The third-order valence-corrected chi connectivity index (χ3v) is 4.00. The van der Waals surface area contributed by atoms with Gasteiger partial charge in [0.2, 0.25) is 15.8 Å². The largest absolute Gasteiger partial charge is 0.480 e. The van der Waals surface area contributed by atoms with E-state index in [9.17, 15) is 27.7 Å². The highest BCUT2D eigenvalue weighted by Gasteiger charge is 2.33. The molecule has 0 aliphatic carbocycles. The van der Waals surface area contributed by atoms with Gasteiger partial charge >= 0.3 is 11.7 Å². The molecule has 0 aliphatic heterocycles. The maximum Gasteiger partial charge on any atom is 0.324 e. The van der Waals surface area contributed by atoms with Crippen molar-refractivity contribution in [3.63, 3.8) is 0 Å². The van der Waals surface area contributed by atoms with E-state index in [1.807, 2.05) is 4.72 Å². The highest BCUT2D eigenvalue weighted by Crippen LogP contribution is 2.21. The molecule has 1 aromatic carbocycles. The summed E-state index contributed by atoms with van der Waals surface area (Å²) in [6.45, 7) is 2.21. The van der Waals surface area contributed by atoms with Crippen molar-refractivity contribution < 1.29 is 27.6 Å². The zero-order chi connectivity index (χ0) is 15.7. The van der Waals surface area contributed by atoms with Crippen LogP contribution in [0, 0.1) is 15.9 Å². The molecule has 0 saturated heterocycles. The summed E-state index contributed by atoms with van der Waals surface area (Å²) >= 11 is 0. The summed E-state index contributed by atoms with van der Waals surface area (Å²) in [7, 11) is -4.32. The fourth-order valence-corrected chi connectivity index (χ4v) is 2.62. The molecule has 0 atom stereocenters. The van der Waals surface area contributed by atoms with Crippen LogP contribution in [0.1, 0.15) is 13.8 Å². The predicted octanol–water partition coefficient (Wildman–Crippen LogP) is 0.875. The molecule has 0 fully saturated rings. The van der Waals surface area contributed by atoms with Crippen LogP contribution < -0.4 is 4.72 Å². The van der Waals surface area contributed by atoms with Gasteiger partial charge in [-0.15, -0.1) is 0 Å². The molecule has 0 bridgehead atoms. The highest BCUT2D eigenvalue weighted by molar-refractivity contribution is 7.89. The Morgan fingerprint density at radius 2 is 2.00 bits per heavy atom. The second kappa shape index (κ2) is 5.13.